The summed E-state index contributed by atoms with van der Waals surface area (Å²) in [5.74, 6) is 0.865. The number of nitrogens with zero attached hydrogens (tertiary/aromatic N) is 3. The van der Waals surface area contributed by atoms with Crippen molar-refractivity contribution in [2.45, 2.75) is 29.6 Å². The van der Waals surface area contributed by atoms with Crippen LogP contribution in [0.4, 0.5) is 11.4 Å². The molecule has 3 aromatic carbocycles. The molecule has 0 bridgehead atoms. The lowest BCUT2D eigenvalue weighted by atomic mass is 10.1. The number of amides is 1. The third kappa shape index (κ3) is 6.80. The number of anilines is 2. The van der Waals surface area contributed by atoms with Crippen molar-refractivity contribution >= 4 is 46.6 Å². The molecule has 2 atom stereocenters. The maximum atomic E-state index is 14.1. The third-order valence-corrected chi connectivity index (χ3v) is 9.23. The van der Waals surface area contributed by atoms with Crippen LogP contribution in [0.1, 0.15) is 24.2 Å². The largest absolute Gasteiger partial charge is 0.497 e. The molecule has 1 amide bonds. The number of ether oxygens (including phenoxy) is 3. The summed E-state index contributed by atoms with van der Waals surface area (Å²) in [6.07, 6.45) is -0.218. The highest BCUT2D eigenvalue weighted by Gasteiger charge is 2.41. The summed E-state index contributed by atoms with van der Waals surface area (Å²) in [4.78, 5) is 33.8. The Morgan fingerprint density at radius 1 is 0.929 bits per heavy atom. The molecule has 0 aromatic heterocycles. The Hall–Kier alpha value is -3.40. The van der Waals surface area contributed by atoms with Gasteiger partial charge in [0.1, 0.15) is 11.5 Å². The van der Waals surface area contributed by atoms with Crippen LogP contribution in [0.5, 0.6) is 11.5 Å². The number of fused-ring (bicyclic) bond motifs is 1. The van der Waals surface area contributed by atoms with Gasteiger partial charge in [0, 0.05) is 49.6 Å². The van der Waals surface area contributed by atoms with Gasteiger partial charge in [-0.1, -0.05) is 35.9 Å². The Morgan fingerprint density at radius 2 is 1.67 bits per heavy atom. The van der Waals surface area contributed by atoms with Gasteiger partial charge < -0.3 is 24.0 Å². The third-order valence-electron chi connectivity index (χ3n) is 7.64. The minimum absolute atomic E-state index is 0.236. The molecule has 1 fully saturated rings. The van der Waals surface area contributed by atoms with E-state index in [1.165, 1.54) is 18.7 Å². The van der Waals surface area contributed by atoms with E-state index in [0.29, 0.717) is 17.3 Å². The Morgan fingerprint density at radius 3 is 2.36 bits per heavy atom. The number of thioether (sulfide) groups is 1. The zero-order valence-corrected chi connectivity index (χ0v) is 25.7. The fraction of sp³-hybridized carbons (Fsp3) is 0.375. The van der Waals surface area contributed by atoms with Crippen LogP contribution in [0.3, 0.4) is 0 Å². The second kappa shape index (κ2) is 13.7. The van der Waals surface area contributed by atoms with Gasteiger partial charge >= 0.3 is 5.97 Å². The van der Waals surface area contributed by atoms with Gasteiger partial charge in [-0.15, -0.1) is 11.8 Å². The summed E-state index contributed by atoms with van der Waals surface area (Å²) in [6, 6.07) is 21.2. The zero-order valence-electron chi connectivity index (χ0n) is 24.1. The molecule has 0 radical (unpaired) electrons. The van der Waals surface area contributed by atoms with E-state index in [4.69, 9.17) is 25.8 Å². The quantitative estimate of drug-likeness (QED) is 0.287. The van der Waals surface area contributed by atoms with E-state index in [0.717, 1.165) is 66.7 Å². The number of piperazine rings is 1. The SMILES string of the molecule is COc1ccc([C@@H]2Sc3cc(Cl)ccc3N(CCCN3CCN(c4ccccc4OC)CC3)C(=O)C2OC(C)=O)cc1. The van der Waals surface area contributed by atoms with Crippen molar-refractivity contribution in [2.24, 2.45) is 0 Å². The standard InChI is InChI=1S/C32H36ClN3O5S/c1-22(37)41-30-31(23-9-12-25(39-2)13-10-23)42-29-21-24(33)11-14-27(29)36(32(30)38)16-6-15-34-17-19-35(20-18-34)26-7-4-5-8-28(26)40-3/h4-5,7-14,21,30-31H,6,15-20H2,1-3H3/t30?,31-/m0/s1. The summed E-state index contributed by atoms with van der Waals surface area (Å²) in [5, 5.41) is 0.138. The highest BCUT2D eigenvalue weighted by molar-refractivity contribution is 7.99. The molecule has 2 aliphatic heterocycles. The lowest BCUT2D eigenvalue weighted by Crippen LogP contribution is -2.48. The molecule has 5 rings (SSSR count). The predicted molar refractivity (Wildman–Crippen MR) is 167 cm³/mol. The summed E-state index contributed by atoms with van der Waals surface area (Å²) in [6.45, 7) is 6.33. The number of carbonyl (C=O) groups is 2. The molecule has 0 N–H and O–H groups in total. The van der Waals surface area contributed by atoms with Crippen LogP contribution in [0.15, 0.2) is 71.6 Å². The van der Waals surface area contributed by atoms with Crippen molar-refractivity contribution in [3.63, 3.8) is 0 Å². The minimum Gasteiger partial charge on any atom is -0.497 e. The Bertz CT molecular complexity index is 1400. The molecule has 1 saturated heterocycles. The molecule has 0 spiro atoms. The highest BCUT2D eigenvalue weighted by atomic mass is 35.5. The smallest absolute Gasteiger partial charge is 0.303 e. The van der Waals surface area contributed by atoms with Crippen molar-refractivity contribution in [1.82, 2.24) is 4.90 Å². The van der Waals surface area contributed by atoms with Gasteiger partial charge in [0.05, 0.1) is 30.8 Å². The van der Waals surface area contributed by atoms with E-state index in [2.05, 4.69) is 15.9 Å². The molecule has 2 aliphatic rings. The molecule has 0 aliphatic carbocycles. The number of carbonyl (C=O) groups excluding carboxylic acids is 2. The van der Waals surface area contributed by atoms with Gasteiger partial charge in [-0.25, -0.2) is 0 Å². The van der Waals surface area contributed by atoms with E-state index in [-0.39, 0.29) is 5.91 Å². The van der Waals surface area contributed by atoms with Crippen molar-refractivity contribution in [3.05, 3.63) is 77.3 Å². The number of rotatable bonds is 9. The van der Waals surface area contributed by atoms with Crippen molar-refractivity contribution in [3.8, 4) is 11.5 Å². The summed E-state index contributed by atoms with van der Waals surface area (Å²) in [5.41, 5.74) is 2.76. The fourth-order valence-electron chi connectivity index (χ4n) is 5.52. The number of benzene rings is 3. The Kier molecular flexibility index (Phi) is 9.82. The molecule has 0 saturated carbocycles. The molecule has 222 valence electrons. The second-order valence-electron chi connectivity index (χ2n) is 10.3. The minimum atomic E-state index is -0.989. The van der Waals surface area contributed by atoms with Gasteiger partial charge in [0.25, 0.3) is 5.91 Å². The Labute approximate surface area is 256 Å². The van der Waals surface area contributed by atoms with Crippen LogP contribution in [-0.2, 0) is 14.3 Å². The second-order valence-corrected chi connectivity index (χ2v) is 11.9. The van der Waals surface area contributed by atoms with Gasteiger partial charge in [-0.2, -0.15) is 0 Å². The van der Waals surface area contributed by atoms with Crippen molar-refractivity contribution in [2.75, 3.05) is 63.3 Å². The summed E-state index contributed by atoms with van der Waals surface area (Å²) < 4.78 is 16.6. The predicted octanol–water partition coefficient (Wildman–Crippen LogP) is 5.68. The first kappa shape index (κ1) is 30.1. The number of halogens is 1. The fourth-order valence-corrected chi connectivity index (χ4v) is 7.11. The number of hydrogen-bond acceptors (Lipinski definition) is 8. The molecular weight excluding hydrogens is 574 g/mol. The normalized spacial score (nSPS) is 19.2. The molecule has 10 heteroatoms. The Balaban J connectivity index is 1.31. The van der Waals surface area contributed by atoms with E-state index in [1.807, 2.05) is 54.6 Å². The maximum absolute atomic E-state index is 14.1. The van der Waals surface area contributed by atoms with Crippen LogP contribution in [0, 0.1) is 0 Å². The van der Waals surface area contributed by atoms with Crippen LogP contribution >= 0.6 is 23.4 Å². The van der Waals surface area contributed by atoms with Gasteiger partial charge in [0.2, 0.25) is 0 Å². The zero-order chi connectivity index (χ0) is 29.6. The maximum Gasteiger partial charge on any atom is 0.303 e. The lowest BCUT2D eigenvalue weighted by Gasteiger charge is -2.37. The molecule has 1 unspecified atom stereocenters. The average Bonchev–Trinajstić information content (AvgIpc) is 3.11. The molecular formula is C32H36ClN3O5S. The number of esters is 1. The first-order valence-electron chi connectivity index (χ1n) is 14.1. The monoisotopic (exact) mass is 609 g/mol. The van der Waals surface area contributed by atoms with Gasteiger partial charge in [-0.05, 0) is 61.0 Å². The first-order chi connectivity index (χ1) is 20.4. The molecule has 2 heterocycles. The van der Waals surface area contributed by atoms with Crippen LogP contribution in [-0.4, -0.2) is 76.4 Å². The topological polar surface area (TPSA) is 71.6 Å². The van der Waals surface area contributed by atoms with Crippen molar-refractivity contribution < 1.29 is 23.8 Å². The van der Waals surface area contributed by atoms with Crippen LogP contribution in [0.2, 0.25) is 5.02 Å². The van der Waals surface area contributed by atoms with Gasteiger partial charge in [0.15, 0.2) is 6.10 Å². The number of hydrogen-bond donors (Lipinski definition) is 0. The van der Waals surface area contributed by atoms with Crippen LogP contribution in [0.25, 0.3) is 0 Å². The molecule has 3 aromatic rings. The molecule has 42 heavy (non-hydrogen) atoms. The lowest BCUT2D eigenvalue weighted by molar-refractivity contribution is -0.152. The van der Waals surface area contributed by atoms with Crippen LogP contribution < -0.4 is 19.3 Å². The van der Waals surface area contributed by atoms with E-state index < -0.39 is 17.3 Å². The number of methoxy groups -OCH3 is 2. The van der Waals surface area contributed by atoms with E-state index in [9.17, 15) is 9.59 Å². The highest BCUT2D eigenvalue weighted by Crippen LogP contribution is 2.47. The summed E-state index contributed by atoms with van der Waals surface area (Å²) >= 11 is 7.90. The van der Waals surface area contributed by atoms with E-state index in [1.54, 1.807) is 25.2 Å². The van der Waals surface area contributed by atoms with Crippen molar-refractivity contribution in [1.29, 1.82) is 0 Å². The van der Waals surface area contributed by atoms with Gasteiger partial charge in [-0.3, -0.25) is 14.5 Å². The molecule has 8 nitrogen and oxygen atoms in total. The average molecular weight is 610 g/mol. The first-order valence-corrected chi connectivity index (χ1v) is 15.3. The van der Waals surface area contributed by atoms with E-state index >= 15 is 0 Å². The summed E-state index contributed by atoms with van der Waals surface area (Å²) in [7, 11) is 3.31. The number of para-hydroxylation sites is 2.